The topological polar surface area (TPSA) is 168 Å². The number of carbonyl (C=O) groups excluding carboxylic acids is 4. The number of rotatable bonds is 10. The zero-order valence-corrected chi connectivity index (χ0v) is 38.9. The summed E-state index contributed by atoms with van der Waals surface area (Å²) in [5, 5.41) is 16.8. The number of hydrazine groups is 1. The first-order chi connectivity index (χ1) is 31.2. The molecular weight excluding hydrogens is 827 g/mol. The third-order valence-electron chi connectivity index (χ3n) is 13.7. The number of likely N-dealkylation sites (tertiary alicyclic amines) is 1. The molecule has 4 aromatic rings. The lowest BCUT2D eigenvalue weighted by Gasteiger charge is -2.37. The van der Waals surface area contributed by atoms with Crippen molar-refractivity contribution >= 4 is 34.6 Å². The summed E-state index contributed by atoms with van der Waals surface area (Å²) in [4.78, 5) is 65.6. The lowest BCUT2D eigenvalue weighted by atomic mass is 9.84. The molecule has 0 radical (unpaired) electrons. The quantitative estimate of drug-likeness (QED) is 0.182. The predicted molar refractivity (Wildman–Crippen MR) is 246 cm³/mol. The van der Waals surface area contributed by atoms with E-state index < -0.39 is 41.3 Å². The number of benzene rings is 2. The van der Waals surface area contributed by atoms with Crippen LogP contribution in [-0.2, 0) is 59.4 Å². The predicted octanol–water partition coefficient (Wildman–Crippen LogP) is 5.09. The van der Waals surface area contributed by atoms with Crippen molar-refractivity contribution in [2.45, 2.75) is 104 Å². The summed E-state index contributed by atoms with van der Waals surface area (Å²) in [7, 11) is 3.35. The molecule has 2 aromatic heterocycles. The van der Waals surface area contributed by atoms with Gasteiger partial charge in [0.25, 0.3) is 5.91 Å². The van der Waals surface area contributed by atoms with E-state index in [2.05, 4.69) is 58.1 Å². The minimum absolute atomic E-state index is 0.0145. The fourth-order valence-corrected chi connectivity index (χ4v) is 10.3. The van der Waals surface area contributed by atoms with Crippen molar-refractivity contribution in [2.75, 3.05) is 53.6 Å². The minimum Gasteiger partial charge on any atom is -0.508 e. The summed E-state index contributed by atoms with van der Waals surface area (Å²) in [6, 6.07) is 11.1. The monoisotopic (exact) mass is 891 g/mol. The Hall–Kier alpha value is -5.35. The van der Waals surface area contributed by atoms with Gasteiger partial charge in [-0.05, 0) is 103 Å². The summed E-state index contributed by atoms with van der Waals surface area (Å²) in [5.41, 5.74) is 9.93. The summed E-state index contributed by atoms with van der Waals surface area (Å²) >= 11 is 0. The molecule has 4 aliphatic heterocycles. The number of esters is 1. The summed E-state index contributed by atoms with van der Waals surface area (Å²) in [6.07, 6.45) is 5.95. The molecule has 3 amide bonds. The maximum absolute atomic E-state index is 14.7. The summed E-state index contributed by atoms with van der Waals surface area (Å²) in [5.74, 6) is -1.95. The van der Waals surface area contributed by atoms with Crippen LogP contribution in [0.2, 0.25) is 0 Å². The van der Waals surface area contributed by atoms with Crippen molar-refractivity contribution in [1.82, 2.24) is 35.1 Å². The van der Waals surface area contributed by atoms with E-state index in [0.29, 0.717) is 76.7 Å². The van der Waals surface area contributed by atoms with E-state index >= 15 is 0 Å². The van der Waals surface area contributed by atoms with Crippen molar-refractivity contribution in [3.05, 3.63) is 71.5 Å². The molecule has 65 heavy (non-hydrogen) atoms. The van der Waals surface area contributed by atoms with Gasteiger partial charge in [0.2, 0.25) is 11.8 Å². The number of phenols is 1. The molecule has 348 valence electrons. The molecule has 4 aliphatic rings. The van der Waals surface area contributed by atoms with Crippen molar-refractivity contribution in [1.29, 1.82) is 0 Å². The molecule has 6 bridgehead atoms. The van der Waals surface area contributed by atoms with Crippen molar-refractivity contribution in [2.24, 2.45) is 17.3 Å². The molecule has 3 fully saturated rings. The number of nitrogens with one attached hydrogen (secondary N) is 2. The zero-order chi connectivity index (χ0) is 46.2. The molecule has 4 atom stereocenters. The van der Waals surface area contributed by atoms with Gasteiger partial charge in [-0.25, -0.2) is 5.43 Å². The highest BCUT2D eigenvalue weighted by Crippen LogP contribution is 2.41. The number of likely N-dealkylation sites (N-methyl/N-ethyl adjacent to an activating group) is 1. The lowest BCUT2D eigenvalue weighted by molar-refractivity contribution is -0.155. The van der Waals surface area contributed by atoms with E-state index in [4.69, 9.17) is 14.2 Å². The molecule has 8 rings (SSSR count). The second-order valence-electron chi connectivity index (χ2n) is 19.5. The Balaban J connectivity index is 1.18. The number of methoxy groups -OCH3 is 1. The Bertz CT molecular complexity index is 2430. The van der Waals surface area contributed by atoms with Gasteiger partial charge in [-0.1, -0.05) is 39.8 Å². The van der Waals surface area contributed by atoms with E-state index in [1.165, 1.54) is 5.01 Å². The number of cyclic esters (lactones) is 1. The Morgan fingerprint density at radius 2 is 1.88 bits per heavy atom. The van der Waals surface area contributed by atoms with Crippen LogP contribution in [-0.4, -0.2) is 131 Å². The number of fused-ring (bicyclic) bond motifs is 6. The number of carbonyl (C=O) groups is 4. The third kappa shape index (κ3) is 9.65. The number of aromatic hydroxyl groups is 1. The molecule has 6 heterocycles. The van der Waals surface area contributed by atoms with Crippen LogP contribution in [0.25, 0.3) is 33.3 Å². The fraction of sp³-hybridized carbons (Fsp3) is 0.540. The van der Waals surface area contributed by atoms with Gasteiger partial charge in [0.05, 0.1) is 44.1 Å². The van der Waals surface area contributed by atoms with Gasteiger partial charge in [-0.3, -0.25) is 34.1 Å². The number of phenolic OH excluding ortho intramolecular Hbond substituents is 1. The van der Waals surface area contributed by atoms with Crippen molar-refractivity contribution in [3.8, 4) is 28.1 Å². The Morgan fingerprint density at radius 1 is 1.08 bits per heavy atom. The van der Waals surface area contributed by atoms with Crippen LogP contribution in [0.3, 0.4) is 0 Å². The number of pyridine rings is 1. The SMILES string of the molecule is CCn1c(-c2cnccc2COC)c2c3cc(ccc31)-c1cc(O)cc(c1)C[C@H](NC(=O)C(C(C)C)N(C)C(=O)[C@H]1CCN(C3COC3)C1)C(=O)N1CCC[C@H](N1)C(=O)OCC(C)(C)C2. The van der Waals surface area contributed by atoms with Gasteiger partial charge in [0, 0.05) is 74.5 Å². The molecule has 0 saturated carbocycles. The van der Waals surface area contributed by atoms with Gasteiger partial charge in [-0.2, -0.15) is 0 Å². The highest BCUT2D eigenvalue weighted by Gasteiger charge is 2.41. The van der Waals surface area contributed by atoms with Gasteiger partial charge in [0.1, 0.15) is 23.9 Å². The molecule has 1 unspecified atom stereocenters. The summed E-state index contributed by atoms with van der Waals surface area (Å²) < 4.78 is 19.4. The largest absolute Gasteiger partial charge is 0.508 e. The van der Waals surface area contributed by atoms with E-state index in [1.807, 2.05) is 38.2 Å². The van der Waals surface area contributed by atoms with Gasteiger partial charge in [-0.15, -0.1) is 0 Å². The molecule has 15 heteroatoms. The first kappa shape index (κ1) is 46.2. The number of aryl methyl sites for hydroxylation is 1. The van der Waals surface area contributed by atoms with Crippen molar-refractivity contribution in [3.63, 3.8) is 0 Å². The third-order valence-corrected chi connectivity index (χ3v) is 13.7. The average Bonchev–Trinajstić information content (AvgIpc) is 3.86. The first-order valence-electron chi connectivity index (χ1n) is 23.2. The molecule has 2 aromatic carbocycles. The van der Waals surface area contributed by atoms with Gasteiger partial charge >= 0.3 is 5.97 Å². The average molecular weight is 892 g/mol. The number of aromatic nitrogens is 2. The van der Waals surface area contributed by atoms with Gasteiger partial charge in [0.15, 0.2) is 0 Å². The Morgan fingerprint density at radius 3 is 2.60 bits per heavy atom. The van der Waals surface area contributed by atoms with Crippen LogP contribution >= 0.6 is 0 Å². The first-order valence-corrected chi connectivity index (χ1v) is 23.2. The van der Waals surface area contributed by atoms with Crippen LogP contribution in [0.15, 0.2) is 54.9 Å². The highest BCUT2D eigenvalue weighted by molar-refractivity contribution is 5.96. The standard InChI is InChI=1S/C50H65N7O8/c1-8-56-43-12-11-32-22-38(43)39(45(56)40-24-51-15-13-34(40)26-63-7)23-50(4,5)29-65-49(62)41-10-9-16-57(53-41)48(61)42(20-31-18-35(32)21-37(58)19-31)52-46(59)44(30(2)3)54(6)47(60)33-14-17-55(25-33)36-27-64-28-36/h11-13,15,18-19,21-22,24,30,33,36,41-42,44,53,58H,8-10,14,16-17,20,23,25-29H2,1-7H3,(H,52,59)/t33-,41-,42-,44?/m0/s1. The van der Waals surface area contributed by atoms with Crippen LogP contribution in [0.5, 0.6) is 5.75 Å². The maximum Gasteiger partial charge on any atom is 0.324 e. The molecule has 15 nitrogen and oxygen atoms in total. The molecule has 3 N–H and O–H groups in total. The molecule has 0 spiro atoms. The van der Waals surface area contributed by atoms with Crippen LogP contribution in [0.4, 0.5) is 0 Å². The number of hydrogen-bond donors (Lipinski definition) is 3. The second-order valence-corrected chi connectivity index (χ2v) is 19.5. The number of amides is 3. The number of hydrogen-bond acceptors (Lipinski definition) is 11. The van der Waals surface area contributed by atoms with E-state index in [0.717, 1.165) is 51.0 Å². The minimum atomic E-state index is -1.11. The number of ether oxygens (including phenoxy) is 3. The lowest BCUT2D eigenvalue weighted by Crippen LogP contribution is -2.62. The molecule has 0 aliphatic carbocycles. The highest BCUT2D eigenvalue weighted by atomic mass is 16.5. The second kappa shape index (κ2) is 19.2. The van der Waals surface area contributed by atoms with Crippen molar-refractivity contribution < 1.29 is 38.5 Å². The maximum atomic E-state index is 14.7. The van der Waals surface area contributed by atoms with Crippen LogP contribution < -0.4 is 10.7 Å². The van der Waals surface area contributed by atoms with Crippen LogP contribution in [0, 0.1) is 17.3 Å². The van der Waals surface area contributed by atoms with E-state index in [1.54, 1.807) is 37.4 Å². The fourth-order valence-electron chi connectivity index (χ4n) is 10.3. The Labute approximate surface area is 381 Å². The smallest absolute Gasteiger partial charge is 0.324 e. The molecule has 3 saturated heterocycles. The van der Waals surface area contributed by atoms with Crippen LogP contribution in [0.1, 0.15) is 70.6 Å². The normalized spacial score (nSPS) is 22.3. The zero-order valence-electron chi connectivity index (χ0n) is 38.9. The van der Waals surface area contributed by atoms with E-state index in [-0.39, 0.29) is 36.5 Å². The molecular formula is C50H65N7O8. The number of nitrogens with zero attached hydrogens (tertiary/aromatic N) is 5. The van der Waals surface area contributed by atoms with Gasteiger partial charge < -0.3 is 34.1 Å². The Kier molecular flexibility index (Phi) is 13.7. The summed E-state index contributed by atoms with van der Waals surface area (Å²) in [6.45, 7) is 14.4. The van der Waals surface area contributed by atoms with E-state index in [9.17, 15) is 24.3 Å².